The molecule has 0 aliphatic rings. The molecular formula is C14H8ClF. The summed E-state index contributed by atoms with van der Waals surface area (Å²) >= 11 is 6.28. The minimum absolute atomic E-state index is 0.199. The molecule has 0 aliphatic carbocycles. The lowest BCUT2D eigenvalue weighted by Crippen LogP contribution is -1.85. The summed E-state index contributed by atoms with van der Waals surface area (Å²) in [7, 11) is 0. The molecule has 0 heterocycles. The number of hydrogen-bond donors (Lipinski definition) is 0. The number of rotatable bonds is 0. The molecule has 0 unspecified atom stereocenters. The Balaban J connectivity index is 2.67. The van der Waals surface area contributed by atoms with Crippen molar-refractivity contribution in [3.8, 4) is 0 Å². The summed E-state index contributed by atoms with van der Waals surface area (Å²) in [4.78, 5) is 0. The lowest BCUT2D eigenvalue weighted by Gasteiger charge is -2.07. The quantitative estimate of drug-likeness (QED) is 0.488. The molecule has 0 aliphatic heterocycles. The van der Waals surface area contributed by atoms with Crippen LogP contribution < -0.4 is 0 Å². The Kier molecular flexibility index (Phi) is 2.08. The van der Waals surface area contributed by atoms with Crippen molar-refractivity contribution in [2.45, 2.75) is 0 Å². The normalized spacial score (nSPS) is 11.1. The van der Waals surface area contributed by atoms with Gasteiger partial charge in [0.05, 0.1) is 5.02 Å². The Morgan fingerprint density at radius 1 is 0.688 bits per heavy atom. The molecule has 0 saturated carbocycles. The van der Waals surface area contributed by atoms with Crippen LogP contribution in [0, 0.1) is 5.82 Å². The number of fused-ring (bicyclic) bond motifs is 2. The summed E-state index contributed by atoms with van der Waals surface area (Å²) in [5.41, 5.74) is 0. The standard InChI is InChI=1S/C14H8ClF/c15-13-9-5-1-3-7-11(9)14(16)12-8-4-2-6-10(12)13/h1-8H. The maximum Gasteiger partial charge on any atom is 0.138 e. The maximum atomic E-state index is 14.2. The summed E-state index contributed by atoms with van der Waals surface area (Å²) in [5.74, 6) is -0.199. The third-order valence-electron chi connectivity index (χ3n) is 2.80. The number of hydrogen-bond acceptors (Lipinski definition) is 0. The second-order valence-electron chi connectivity index (χ2n) is 3.72. The molecular weight excluding hydrogens is 223 g/mol. The van der Waals surface area contributed by atoms with Crippen molar-refractivity contribution in [2.75, 3.05) is 0 Å². The van der Waals surface area contributed by atoms with Crippen molar-refractivity contribution in [3.63, 3.8) is 0 Å². The fourth-order valence-electron chi connectivity index (χ4n) is 2.02. The highest BCUT2D eigenvalue weighted by Crippen LogP contribution is 2.34. The number of benzene rings is 3. The smallest absolute Gasteiger partial charge is 0.138 e. The van der Waals surface area contributed by atoms with E-state index in [-0.39, 0.29) is 5.82 Å². The van der Waals surface area contributed by atoms with Crippen molar-refractivity contribution in [2.24, 2.45) is 0 Å². The van der Waals surface area contributed by atoms with Gasteiger partial charge in [-0.2, -0.15) is 0 Å². The van der Waals surface area contributed by atoms with E-state index >= 15 is 0 Å². The molecule has 3 aromatic rings. The van der Waals surface area contributed by atoms with Gasteiger partial charge in [-0.15, -0.1) is 0 Å². The van der Waals surface area contributed by atoms with Crippen molar-refractivity contribution in [1.29, 1.82) is 0 Å². The highest BCUT2D eigenvalue weighted by atomic mass is 35.5. The molecule has 0 radical (unpaired) electrons. The molecule has 0 amide bonds. The molecule has 16 heavy (non-hydrogen) atoms. The van der Waals surface area contributed by atoms with Gasteiger partial charge >= 0.3 is 0 Å². The van der Waals surface area contributed by atoms with Crippen LogP contribution in [0.5, 0.6) is 0 Å². The van der Waals surface area contributed by atoms with Crippen LogP contribution in [0.3, 0.4) is 0 Å². The first-order valence-electron chi connectivity index (χ1n) is 5.03. The van der Waals surface area contributed by atoms with Gasteiger partial charge in [-0.25, -0.2) is 4.39 Å². The van der Waals surface area contributed by atoms with Gasteiger partial charge in [0.2, 0.25) is 0 Å². The van der Waals surface area contributed by atoms with E-state index in [4.69, 9.17) is 11.6 Å². The lowest BCUT2D eigenvalue weighted by atomic mass is 10.0. The van der Waals surface area contributed by atoms with Crippen LogP contribution in [0.15, 0.2) is 48.5 Å². The molecule has 0 spiro atoms. The van der Waals surface area contributed by atoms with Crippen LogP contribution in [0.2, 0.25) is 5.02 Å². The van der Waals surface area contributed by atoms with Crippen molar-refractivity contribution >= 4 is 33.1 Å². The monoisotopic (exact) mass is 230 g/mol. The van der Waals surface area contributed by atoms with E-state index in [0.717, 1.165) is 10.8 Å². The van der Waals surface area contributed by atoms with Gasteiger partial charge in [-0.3, -0.25) is 0 Å². The summed E-state index contributed by atoms with van der Waals surface area (Å²) in [6.07, 6.45) is 0. The minimum Gasteiger partial charge on any atom is -0.206 e. The Bertz CT molecular complexity index is 572. The van der Waals surface area contributed by atoms with Crippen molar-refractivity contribution < 1.29 is 4.39 Å². The first-order valence-corrected chi connectivity index (χ1v) is 5.41. The Labute approximate surface area is 97.3 Å². The lowest BCUT2D eigenvalue weighted by molar-refractivity contribution is 0.651. The van der Waals surface area contributed by atoms with Gasteiger partial charge in [0.1, 0.15) is 5.82 Å². The maximum absolute atomic E-state index is 14.2. The van der Waals surface area contributed by atoms with Crippen LogP contribution >= 0.6 is 11.6 Å². The van der Waals surface area contributed by atoms with E-state index in [0.29, 0.717) is 15.8 Å². The van der Waals surface area contributed by atoms with Crippen LogP contribution in [-0.4, -0.2) is 0 Å². The zero-order valence-electron chi connectivity index (χ0n) is 8.37. The van der Waals surface area contributed by atoms with E-state index in [9.17, 15) is 4.39 Å². The molecule has 0 fully saturated rings. The predicted octanol–water partition coefficient (Wildman–Crippen LogP) is 4.79. The second kappa shape index (κ2) is 3.46. The Morgan fingerprint density at radius 3 is 1.50 bits per heavy atom. The zero-order valence-corrected chi connectivity index (χ0v) is 9.13. The third-order valence-corrected chi connectivity index (χ3v) is 3.21. The fourth-order valence-corrected chi connectivity index (χ4v) is 2.35. The molecule has 0 atom stereocenters. The largest absolute Gasteiger partial charge is 0.206 e. The van der Waals surface area contributed by atoms with Crippen molar-refractivity contribution in [1.82, 2.24) is 0 Å². The molecule has 3 aromatic carbocycles. The first kappa shape index (κ1) is 9.61. The molecule has 0 aromatic heterocycles. The van der Waals surface area contributed by atoms with Gasteiger partial charge in [-0.05, 0) is 0 Å². The first-order chi connectivity index (χ1) is 7.79. The van der Waals surface area contributed by atoms with Gasteiger partial charge in [0.15, 0.2) is 0 Å². The molecule has 2 heteroatoms. The molecule has 78 valence electrons. The predicted molar refractivity (Wildman–Crippen MR) is 66.4 cm³/mol. The van der Waals surface area contributed by atoms with Gasteiger partial charge in [-0.1, -0.05) is 60.1 Å². The second-order valence-corrected chi connectivity index (χ2v) is 4.10. The molecule has 0 bridgehead atoms. The van der Waals surface area contributed by atoms with Crippen LogP contribution in [-0.2, 0) is 0 Å². The highest BCUT2D eigenvalue weighted by Gasteiger charge is 2.10. The third kappa shape index (κ3) is 1.22. The van der Waals surface area contributed by atoms with E-state index in [1.807, 2.05) is 36.4 Å². The topological polar surface area (TPSA) is 0 Å². The summed E-state index contributed by atoms with van der Waals surface area (Å²) in [5, 5.41) is 3.30. The minimum atomic E-state index is -0.199. The van der Waals surface area contributed by atoms with Gasteiger partial charge in [0, 0.05) is 21.5 Å². The number of halogens is 2. The van der Waals surface area contributed by atoms with E-state index in [1.54, 1.807) is 12.1 Å². The molecule has 0 nitrogen and oxygen atoms in total. The highest BCUT2D eigenvalue weighted by molar-refractivity contribution is 6.40. The fraction of sp³-hybridized carbons (Fsp3) is 0. The Hall–Kier alpha value is -1.60. The summed E-state index contributed by atoms with van der Waals surface area (Å²) < 4.78 is 14.2. The molecule has 0 saturated heterocycles. The van der Waals surface area contributed by atoms with Gasteiger partial charge < -0.3 is 0 Å². The van der Waals surface area contributed by atoms with Crippen LogP contribution in [0.25, 0.3) is 21.5 Å². The van der Waals surface area contributed by atoms with Gasteiger partial charge in [0.25, 0.3) is 0 Å². The molecule has 3 rings (SSSR count). The van der Waals surface area contributed by atoms with Crippen LogP contribution in [0.4, 0.5) is 4.39 Å². The summed E-state index contributed by atoms with van der Waals surface area (Å²) in [6, 6.07) is 14.5. The average Bonchev–Trinajstić information content (AvgIpc) is 2.36. The van der Waals surface area contributed by atoms with Crippen molar-refractivity contribution in [3.05, 3.63) is 59.4 Å². The SMILES string of the molecule is Fc1c2ccccc2c(Cl)c2ccccc12. The zero-order chi connectivity index (χ0) is 11.1. The van der Waals surface area contributed by atoms with Crippen LogP contribution in [0.1, 0.15) is 0 Å². The van der Waals surface area contributed by atoms with E-state index < -0.39 is 0 Å². The van der Waals surface area contributed by atoms with E-state index in [2.05, 4.69) is 0 Å². The van der Waals surface area contributed by atoms with E-state index in [1.165, 1.54) is 0 Å². The molecule has 0 N–H and O–H groups in total. The average molecular weight is 231 g/mol. The Morgan fingerprint density at radius 2 is 1.06 bits per heavy atom. The summed E-state index contributed by atoms with van der Waals surface area (Å²) in [6.45, 7) is 0.